The van der Waals surface area contributed by atoms with Gasteiger partial charge in [0.25, 0.3) is 0 Å². The summed E-state index contributed by atoms with van der Waals surface area (Å²) < 4.78 is 6.64. The van der Waals surface area contributed by atoms with Crippen molar-refractivity contribution in [1.82, 2.24) is 25.4 Å². The molecule has 0 saturated heterocycles. The minimum absolute atomic E-state index is 0.185. The smallest absolute Gasteiger partial charge is 0.326 e. The number of urea groups is 1. The molecule has 118 valence electrons. The van der Waals surface area contributed by atoms with E-state index in [0.717, 1.165) is 0 Å². The summed E-state index contributed by atoms with van der Waals surface area (Å²) in [5.74, 6) is -0.461. The van der Waals surface area contributed by atoms with Crippen molar-refractivity contribution in [3.63, 3.8) is 0 Å². The van der Waals surface area contributed by atoms with Crippen LogP contribution >= 0.6 is 0 Å². The van der Waals surface area contributed by atoms with Gasteiger partial charge in [-0.25, -0.2) is 9.59 Å². The normalized spacial score (nSPS) is 11.9. The standard InChI is InChI=1S/C12H21N5O4/c1-3-17-8-14-16-10(17)7-13-12(20)15-9(11(18)19)5-4-6-21-2/h8-9H,3-7H2,1-2H3,(H,18,19)(H2,13,15,20). The van der Waals surface area contributed by atoms with E-state index in [9.17, 15) is 9.59 Å². The van der Waals surface area contributed by atoms with Gasteiger partial charge >= 0.3 is 12.0 Å². The quantitative estimate of drug-likeness (QED) is 0.551. The summed E-state index contributed by atoms with van der Waals surface area (Å²) in [6.07, 6.45) is 2.43. The minimum Gasteiger partial charge on any atom is -0.480 e. The second-order valence-corrected chi connectivity index (χ2v) is 4.39. The monoisotopic (exact) mass is 299 g/mol. The first-order valence-electron chi connectivity index (χ1n) is 6.71. The Bertz CT molecular complexity index is 462. The van der Waals surface area contributed by atoms with Crippen LogP contribution < -0.4 is 10.6 Å². The summed E-state index contributed by atoms with van der Waals surface area (Å²) in [7, 11) is 1.54. The van der Waals surface area contributed by atoms with Crippen LogP contribution in [0.4, 0.5) is 4.79 Å². The highest BCUT2D eigenvalue weighted by atomic mass is 16.5. The van der Waals surface area contributed by atoms with Crippen LogP contribution in [0.3, 0.4) is 0 Å². The van der Waals surface area contributed by atoms with E-state index in [1.807, 2.05) is 6.92 Å². The molecule has 21 heavy (non-hydrogen) atoms. The predicted molar refractivity (Wildman–Crippen MR) is 73.6 cm³/mol. The van der Waals surface area contributed by atoms with Gasteiger partial charge in [-0.1, -0.05) is 0 Å². The molecule has 1 aromatic rings. The number of nitrogens with one attached hydrogen (secondary N) is 2. The van der Waals surface area contributed by atoms with Crippen LogP contribution in [0.5, 0.6) is 0 Å². The number of aromatic nitrogens is 3. The van der Waals surface area contributed by atoms with E-state index >= 15 is 0 Å². The Morgan fingerprint density at radius 2 is 2.29 bits per heavy atom. The summed E-state index contributed by atoms with van der Waals surface area (Å²) in [4.78, 5) is 22.8. The topological polar surface area (TPSA) is 118 Å². The summed E-state index contributed by atoms with van der Waals surface area (Å²) >= 11 is 0. The molecule has 1 aromatic heterocycles. The summed E-state index contributed by atoms with van der Waals surface area (Å²) in [6.45, 7) is 3.26. The number of hydrogen-bond donors (Lipinski definition) is 3. The molecule has 9 nitrogen and oxygen atoms in total. The molecule has 1 rings (SSSR count). The van der Waals surface area contributed by atoms with Gasteiger partial charge in [0.1, 0.15) is 12.4 Å². The van der Waals surface area contributed by atoms with Crippen LogP contribution in [0.1, 0.15) is 25.6 Å². The number of carboxylic acid groups (broad SMARTS) is 1. The fourth-order valence-electron chi connectivity index (χ4n) is 1.74. The van der Waals surface area contributed by atoms with Crippen molar-refractivity contribution < 1.29 is 19.4 Å². The predicted octanol–water partition coefficient (Wildman–Crippen LogP) is -0.0230. The maximum absolute atomic E-state index is 11.7. The average Bonchev–Trinajstić information content (AvgIpc) is 2.91. The number of carboxylic acids is 1. The molecule has 1 unspecified atom stereocenters. The molecule has 9 heteroatoms. The fraction of sp³-hybridized carbons (Fsp3) is 0.667. The molecular formula is C12H21N5O4. The van der Waals surface area contributed by atoms with Crippen molar-refractivity contribution in [2.75, 3.05) is 13.7 Å². The number of carbonyl (C=O) groups excluding carboxylic acids is 1. The number of amides is 2. The van der Waals surface area contributed by atoms with E-state index in [1.54, 1.807) is 18.0 Å². The summed E-state index contributed by atoms with van der Waals surface area (Å²) in [6, 6.07) is -1.49. The zero-order valence-electron chi connectivity index (χ0n) is 12.2. The van der Waals surface area contributed by atoms with Crippen molar-refractivity contribution >= 4 is 12.0 Å². The van der Waals surface area contributed by atoms with E-state index in [-0.39, 0.29) is 6.54 Å². The number of rotatable bonds is 9. The second-order valence-electron chi connectivity index (χ2n) is 4.39. The molecule has 0 saturated carbocycles. The number of aliphatic carboxylic acids is 1. The third-order valence-corrected chi connectivity index (χ3v) is 2.89. The van der Waals surface area contributed by atoms with Gasteiger partial charge in [0.05, 0.1) is 6.54 Å². The highest BCUT2D eigenvalue weighted by Crippen LogP contribution is 1.99. The van der Waals surface area contributed by atoms with Crippen molar-refractivity contribution in [2.24, 2.45) is 0 Å². The molecule has 0 aliphatic carbocycles. The molecule has 2 amide bonds. The lowest BCUT2D eigenvalue weighted by molar-refractivity contribution is -0.139. The van der Waals surface area contributed by atoms with Crippen molar-refractivity contribution in [3.05, 3.63) is 12.2 Å². The van der Waals surface area contributed by atoms with Crippen LogP contribution in [0.25, 0.3) is 0 Å². The Balaban J connectivity index is 2.41. The van der Waals surface area contributed by atoms with Gasteiger partial charge in [0.15, 0.2) is 5.82 Å². The SMILES string of the molecule is CCn1cnnc1CNC(=O)NC(CCCOC)C(=O)O. The largest absolute Gasteiger partial charge is 0.480 e. The average molecular weight is 299 g/mol. The first kappa shape index (κ1) is 16.9. The first-order valence-corrected chi connectivity index (χ1v) is 6.71. The van der Waals surface area contributed by atoms with Crippen molar-refractivity contribution in [3.8, 4) is 0 Å². The van der Waals surface area contributed by atoms with Crippen molar-refractivity contribution in [1.29, 1.82) is 0 Å². The van der Waals surface area contributed by atoms with Gasteiger partial charge in [-0.2, -0.15) is 0 Å². The summed E-state index contributed by atoms with van der Waals surface area (Å²) in [5, 5.41) is 21.6. The molecule has 0 spiro atoms. The highest BCUT2D eigenvalue weighted by Gasteiger charge is 2.19. The third-order valence-electron chi connectivity index (χ3n) is 2.89. The lowest BCUT2D eigenvalue weighted by atomic mass is 10.1. The molecule has 1 atom stereocenters. The molecular weight excluding hydrogens is 278 g/mol. The van der Waals surface area contributed by atoms with E-state index in [0.29, 0.717) is 31.8 Å². The van der Waals surface area contributed by atoms with Gasteiger partial charge < -0.3 is 25.0 Å². The Labute approximate surface area is 122 Å². The third kappa shape index (κ3) is 5.78. The van der Waals surface area contributed by atoms with Crippen LogP contribution in [-0.4, -0.2) is 51.6 Å². The minimum atomic E-state index is -1.07. The highest BCUT2D eigenvalue weighted by molar-refractivity contribution is 5.82. The van der Waals surface area contributed by atoms with E-state index < -0.39 is 18.0 Å². The molecule has 0 radical (unpaired) electrons. The van der Waals surface area contributed by atoms with Crippen LogP contribution in [0.2, 0.25) is 0 Å². The zero-order chi connectivity index (χ0) is 15.7. The molecule has 3 N–H and O–H groups in total. The first-order chi connectivity index (χ1) is 10.1. The van der Waals surface area contributed by atoms with Crippen molar-refractivity contribution in [2.45, 2.75) is 38.9 Å². The number of hydrogen-bond acceptors (Lipinski definition) is 5. The zero-order valence-corrected chi connectivity index (χ0v) is 12.2. The second kappa shape index (κ2) is 8.90. The van der Waals surface area contributed by atoms with Crippen LogP contribution in [0.15, 0.2) is 6.33 Å². The van der Waals surface area contributed by atoms with Gasteiger partial charge in [-0.3, -0.25) is 0 Å². The van der Waals surface area contributed by atoms with Gasteiger partial charge in [0, 0.05) is 20.3 Å². The van der Waals surface area contributed by atoms with E-state index in [4.69, 9.17) is 9.84 Å². The number of nitrogens with zero attached hydrogens (tertiary/aromatic N) is 3. The Morgan fingerprint density at radius 1 is 1.52 bits per heavy atom. The fourth-order valence-corrected chi connectivity index (χ4v) is 1.74. The molecule has 0 fully saturated rings. The van der Waals surface area contributed by atoms with Gasteiger partial charge in [-0.05, 0) is 19.8 Å². The Kier molecular flexibility index (Phi) is 7.16. The van der Waals surface area contributed by atoms with Crippen LogP contribution in [-0.2, 0) is 22.6 Å². The van der Waals surface area contributed by atoms with Gasteiger partial charge in [-0.15, -0.1) is 10.2 Å². The van der Waals surface area contributed by atoms with E-state index in [2.05, 4.69) is 20.8 Å². The van der Waals surface area contributed by atoms with Gasteiger partial charge in [0.2, 0.25) is 0 Å². The lowest BCUT2D eigenvalue weighted by Crippen LogP contribution is -2.46. The maximum atomic E-state index is 11.7. The molecule has 0 aromatic carbocycles. The lowest BCUT2D eigenvalue weighted by Gasteiger charge is -2.15. The number of carbonyl (C=O) groups is 2. The number of methoxy groups -OCH3 is 1. The molecule has 0 aliphatic heterocycles. The maximum Gasteiger partial charge on any atom is 0.326 e. The van der Waals surface area contributed by atoms with Crippen LogP contribution in [0, 0.1) is 0 Å². The molecule has 1 heterocycles. The molecule has 0 bridgehead atoms. The number of aryl methyl sites for hydroxylation is 1. The summed E-state index contributed by atoms with van der Waals surface area (Å²) in [5.41, 5.74) is 0. The molecule has 0 aliphatic rings. The number of ether oxygens (including phenoxy) is 1. The Hall–Kier alpha value is -2.16. The Morgan fingerprint density at radius 3 is 2.90 bits per heavy atom. The van der Waals surface area contributed by atoms with E-state index in [1.165, 1.54) is 0 Å².